The van der Waals surface area contributed by atoms with Gasteiger partial charge in [-0.2, -0.15) is 0 Å². The van der Waals surface area contributed by atoms with Crippen LogP contribution in [0, 0.1) is 11.8 Å². The van der Waals surface area contributed by atoms with Crippen LogP contribution in [0.5, 0.6) is 0 Å². The van der Waals surface area contributed by atoms with E-state index in [0.29, 0.717) is 13.1 Å². The molecule has 13 nitrogen and oxygen atoms in total. The Morgan fingerprint density at radius 2 is 1.31 bits per heavy atom. The van der Waals surface area contributed by atoms with Gasteiger partial charge in [0.15, 0.2) is 0 Å². The smallest absolute Gasteiger partial charge is 0.407 e. The van der Waals surface area contributed by atoms with Crippen LogP contribution < -0.4 is 10.6 Å². The fourth-order valence-corrected chi connectivity index (χ4v) is 9.88. The van der Waals surface area contributed by atoms with E-state index < -0.39 is 18.2 Å². The molecule has 0 bridgehead atoms. The number of imidazole rings is 2. The predicted octanol–water partition coefficient (Wildman–Crippen LogP) is 8.32. The van der Waals surface area contributed by atoms with Crippen LogP contribution in [0.2, 0.25) is 0 Å². The lowest BCUT2D eigenvalue weighted by Gasteiger charge is -2.30. The Morgan fingerprint density at radius 1 is 0.705 bits per heavy atom. The molecular formula is C47H50N8O5S. The zero-order valence-corrected chi connectivity index (χ0v) is 35.3. The summed E-state index contributed by atoms with van der Waals surface area (Å²) in [7, 11) is 1.29. The molecule has 3 aromatic carbocycles. The Morgan fingerprint density at radius 3 is 1.97 bits per heavy atom. The number of alkyl carbamates (subject to hydrolysis) is 1. The van der Waals surface area contributed by atoms with E-state index in [4.69, 9.17) is 14.7 Å². The number of hydrogen-bond donors (Lipinski definition) is 4. The van der Waals surface area contributed by atoms with E-state index in [-0.39, 0.29) is 41.6 Å². The predicted molar refractivity (Wildman–Crippen MR) is 234 cm³/mol. The molecule has 5 heterocycles. The van der Waals surface area contributed by atoms with Gasteiger partial charge in [-0.15, -0.1) is 11.3 Å². The maximum Gasteiger partial charge on any atom is 0.407 e. The zero-order chi connectivity index (χ0) is 42.2. The van der Waals surface area contributed by atoms with Crippen LogP contribution in [-0.2, 0) is 19.1 Å². The van der Waals surface area contributed by atoms with Gasteiger partial charge in [-0.1, -0.05) is 80.6 Å². The Bertz CT molecular complexity index is 2580. The third-order valence-corrected chi connectivity index (χ3v) is 13.4. The topological polar surface area (TPSA) is 165 Å². The molecule has 61 heavy (non-hydrogen) atoms. The molecule has 4 atom stereocenters. The van der Waals surface area contributed by atoms with Crippen LogP contribution in [-0.4, -0.2) is 79.8 Å². The van der Waals surface area contributed by atoms with Gasteiger partial charge >= 0.3 is 6.09 Å². The van der Waals surface area contributed by atoms with Gasteiger partial charge in [-0.05, 0) is 78.5 Å². The summed E-state index contributed by atoms with van der Waals surface area (Å²) in [6.07, 6.45) is 8.04. The minimum absolute atomic E-state index is 0.00903. The second-order valence-corrected chi connectivity index (χ2v) is 17.7. The number of carbonyl (C=O) groups excluding carboxylic acids is 4. The van der Waals surface area contributed by atoms with Crippen molar-refractivity contribution in [3.05, 3.63) is 108 Å². The molecule has 0 radical (unpaired) electrons. The van der Waals surface area contributed by atoms with Crippen LogP contribution in [0.4, 0.5) is 4.79 Å². The van der Waals surface area contributed by atoms with Crippen molar-refractivity contribution in [2.24, 2.45) is 11.8 Å². The summed E-state index contributed by atoms with van der Waals surface area (Å²) in [5.41, 5.74) is 4.65. The summed E-state index contributed by atoms with van der Waals surface area (Å²) in [5, 5.41) is 7.96. The summed E-state index contributed by atoms with van der Waals surface area (Å²) < 4.78 is 4.79. The highest BCUT2D eigenvalue weighted by atomic mass is 32.1. The maximum absolute atomic E-state index is 14.2. The fraction of sp³-hybridized carbons (Fsp3) is 0.362. The molecule has 1 aliphatic carbocycles. The lowest BCUT2D eigenvalue weighted by molar-refractivity contribution is -0.138. The number of methoxy groups -OCH3 is 1. The minimum atomic E-state index is -0.747. The monoisotopic (exact) mass is 838 g/mol. The zero-order valence-electron chi connectivity index (χ0n) is 34.5. The first kappa shape index (κ1) is 40.1. The molecule has 3 fully saturated rings. The minimum Gasteiger partial charge on any atom is -0.453 e. The van der Waals surface area contributed by atoms with Crippen molar-refractivity contribution in [1.82, 2.24) is 40.4 Å². The first-order valence-corrected chi connectivity index (χ1v) is 22.0. The van der Waals surface area contributed by atoms with E-state index in [1.54, 1.807) is 11.3 Å². The number of nitrogens with zero attached hydrogens (tertiary/aromatic N) is 4. The molecule has 0 unspecified atom stereocenters. The number of likely N-dealkylation sites (tertiary alicyclic amines) is 2. The molecule has 1 saturated carbocycles. The molecule has 4 amide bonds. The standard InChI is InChI=1S/C47H50N8O5S/c1-27(2)40(53-47(59)60-3)45(57)54-23-9-18-37(54)43-49-26-35(51-43)39-22-21-38(61-39)33-16-8-13-30-31(33)14-7-15-32(30)34-25-48-42(50-34)36-17-10-24-55(36)46(58)41(28-11-5-4-6-12-28)52-44(56)29-19-20-29/h4-8,11-16,21-22,25-27,29,36-37,40-41H,9-10,17-20,23-24H2,1-3H3,(H,48,50)(H,49,51)(H,52,56)(H,53,59)/t36-,37-,40-,41-/m0/s1. The second-order valence-electron chi connectivity index (χ2n) is 16.6. The van der Waals surface area contributed by atoms with E-state index in [2.05, 4.69) is 69.1 Å². The maximum atomic E-state index is 14.2. The Hall–Kier alpha value is -6.28. The third kappa shape index (κ3) is 8.04. The number of hydrogen-bond acceptors (Lipinski definition) is 8. The molecule has 0 spiro atoms. The Labute approximate surface area is 358 Å². The highest BCUT2D eigenvalue weighted by molar-refractivity contribution is 7.18. The lowest BCUT2D eigenvalue weighted by Crippen LogP contribution is -2.51. The number of thiophene rings is 1. The van der Waals surface area contributed by atoms with E-state index in [9.17, 15) is 19.2 Å². The number of H-pyrrole nitrogens is 2. The lowest BCUT2D eigenvalue weighted by atomic mass is 9.98. The number of aromatic amines is 2. The molecule has 314 valence electrons. The van der Waals surface area contributed by atoms with Gasteiger partial charge < -0.3 is 35.1 Å². The van der Waals surface area contributed by atoms with Gasteiger partial charge in [0.1, 0.15) is 23.7 Å². The summed E-state index contributed by atoms with van der Waals surface area (Å²) in [5.74, 6) is 1.03. The summed E-state index contributed by atoms with van der Waals surface area (Å²) in [4.78, 5) is 75.4. The Balaban J connectivity index is 0.938. The van der Waals surface area contributed by atoms with Crippen LogP contribution in [0.25, 0.3) is 43.0 Å². The second kappa shape index (κ2) is 17.0. The highest BCUT2D eigenvalue weighted by Crippen LogP contribution is 2.41. The van der Waals surface area contributed by atoms with E-state index in [0.717, 1.165) is 98.8 Å². The van der Waals surface area contributed by atoms with Crippen LogP contribution in [0.1, 0.15) is 87.7 Å². The van der Waals surface area contributed by atoms with Crippen LogP contribution in [0.3, 0.4) is 0 Å². The first-order chi connectivity index (χ1) is 29.7. The number of aromatic nitrogens is 4. The number of carbonyl (C=O) groups is 4. The van der Waals surface area contributed by atoms with Gasteiger partial charge in [-0.3, -0.25) is 14.4 Å². The van der Waals surface area contributed by atoms with Gasteiger partial charge in [-0.25, -0.2) is 14.8 Å². The van der Waals surface area contributed by atoms with E-state index >= 15 is 0 Å². The quantitative estimate of drug-likeness (QED) is 0.0962. The molecule has 6 aromatic rings. The van der Waals surface area contributed by atoms with E-state index in [1.165, 1.54) is 7.11 Å². The fourth-order valence-electron chi connectivity index (χ4n) is 8.87. The van der Waals surface area contributed by atoms with E-state index in [1.807, 2.05) is 66.4 Å². The normalized spacial score (nSPS) is 18.7. The molecule has 14 heteroatoms. The Kier molecular flexibility index (Phi) is 11.2. The summed E-state index contributed by atoms with van der Waals surface area (Å²) in [6, 6.07) is 24.5. The average Bonchev–Trinajstić information content (AvgIpc) is 3.90. The van der Waals surface area contributed by atoms with Crippen molar-refractivity contribution in [3.63, 3.8) is 0 Å². The third-order valence-electron chi connectivity index (χ3n) is 12.2. The number of nitrogens with one attached hydrogen (secondary N) is 4. The van der Waals surface area contributed by atoms with Gasteiger partial charge in [0, 0.05) is 29.4 Å². The molecule has 3 aliphatic rings. The molecular weight excluding hydrogens is 789 g/mol. The highest BCUT2D eigenvalue weighted by Gasteiger charge is 2.40. The number of benzene rings is 3. The van der Waals surface area contributed by atoms with Crippen molar-refractivity contribution < 1.29 is 23.9 Å². The van der Waals surface area contributed by atoms with Gasteiger partial charge in [0.25, 0.3) is 0 Å². The number of amides is 4. The first-order valence-electron chi connectivity index (χ1n) is 21.2. The largest absolute Gasteiger partial charge is 0.453 e. The summed E-state index contributed by atoms with van der Waals surface area (Å²) >= 11 is 1.67. The molecule has 3 aromatic heterocycles. The number of rotatable bonds is 12. The molecule has 4 N–H and O–H groups in total. The number of ether oxygens (including phenoxy) is 1. The van der Waals surface area contributed by atoms with Crippen LogP contribution in [0.15, 0.2) is 91.3 Å². The number of fused-ring (bicyclic) bond motifs is 1. The van der Waals surface area contributed by atoms with Gasteiger partial charge in [0.2, 0.25) is 17.7 Å². The average molecular weight is 839 g/mol. The molecule has 2 saturated heterocycles. The van der Waals surface area contributed by atoms with Crippen molar-refractivity contribution >= 4 is 45.9 Å². The van der Waals surface area contributed by atoms with Crippen molar-refractivity contribution in [1.29, 1.82) is 0 Å². The SMILES string of the molecule is COC(=O)N[C@H](C(=O)N1CCC[C@H]1c1ncc(-c2ccc(-c3cccc4c(-c5cnc([C@@H]6CCCN6C(=O)[C@@H](NC(=O)C6CC6)c6ccccc6)[nH]5)cccc34)s2)[nH]1)C(C)C. The van der Waals surface area contributed by atoms with Crippen LogP contribution >= 0.6 is 11.3 Å². The van der Waals surface area contributed by atoms with Crippen molar-refractivity contribution in [2.75, 3.05) is 20.2 Å². The molecule has 2 aliphatic heterocycles. The summed E-state index contributed by atoms with van der Waals surface area (Å²) in [6.45, 7) is 5.00. The van der Waals surface area contributed by atoms with Crippen molar-refractivity contribution in [2.45, 2.75) is 76.5 Å². The van der Waals surface area contributed by atoms with Crippen molar-refractivity contribution in [3.8, 4) is 32.3 Å². The molecule has 9 rings (SSSR count). The van der Waals surface area contributed by atoms with Gasteiger partial charge in [0.05, 0.1) is 47.9 Å².